The summed E-state index contributed by atoms with van der Waals surface area (Å²) in [5.41, 5.74) is 4.27. The molecule has 1 unspecified atom stereocenters. The standard InChI is InChI=1S/C13H16N4O/c1-10(7-13(18)16-14)17-9-12(8-15-17)11-5-3-2-4-6-11/h2-6,8-10H,7,14H2,1H3,(H,16,18). The Balaban J connectivity index is 2.13. The number of amides is 1. The van der Waals surface area contributed by atoms with Gasteiger partial charge in [0.05, 0.1) is 18.7 Å². The molecule has 1 aromatic heterocycles. The van der Waals surface area contributed by atoms with E-state index in [9.17, 15) is 4.79 Å². The predicted molar refractivity (Wildman–Crippen MR) is 69.3 cm³/mol. The summed E-state index contributed by atoms with van der Waals surface area (Å²) in [5, 5.41) is 4.28. The average Bonchev–Trinajstić information content (AvgIpc) is 2.89. The molecule has 1 atom stereocenters. The van der Waals surface area contributed by atoms with E-state index in [0.29, 0.717) is 6.42 Å². The van der Waals surface area contributed by atoms with Crippen molar-refractivity contribution in [2.45, 2.75) is 19.4 Å². The Labute approximate surface area is 106 Å². The van der Waals surface area contributed by atoms with Crippen LogP contribution in [0.25, 0.3) is 11.1 Å². The molecule has 94 valence electrons. The van der Waals surface area contributed by atoms with Crippen LogP contribution in [0.5, 0.6) is 0 Å². The minimum atomic E-state index is -0.195. The highest BCUT2D eigenvalue weighted by Gasteiger charge is 2.11. The van der Waals surface area contributed by atoms with Crippen molar-refractivity contribution in [1.82, 2.24) is 15.2 Å². The molecule has 0 saturated heterocycles. The topological polar surface area (TPSA) is 72.9 Å². The lowest BCUT2D eigenvalue weighted by molar-refractivity contribution is -0.121. The Morgan fingerprint density at radius 3 is 2.78 bits per heavy atom. The van der Waals surface area contributed by atoms with Crippen LogP contribution in [0.2, 0.25) is 0 Å². The number of benzene rings is 1. The summed E-state index contributed by atoms with van der Waals surface area (Å²) in [5.74, 6) is 4.87. The van der Waals surface area contributed by atoms with Crippen molar-refractivity contribution in [3.05, 3.63) is 42.7 Å². The van der Waals surface area contributed by atoms with Crippen LogP contribution >= 0.6 is 0 Å². The third-order valence-corrected chi connectivity index (χ3v) is 2.80. The summed E-state index contributed by atoms with van der Waals surface area (Å²) < 4.78 is 1.78. The second-order valence-electron chi connectivity index (χ2n) is 4.20. The molecular formula is C13H16N4O. The highest BCUT2D eigenvalue weighted by Crippen LogP contribution is 2.20. The van der Waals surface area contributed by atoms with Crippen molar-refractivity contribution >= 4 is 5.91 Å². The first kappa shape index (κ1) is 12.3. The van der Waals surface area contributed by atoms with E-state index in [0.717, 1.165) is 11.1 Å². The van der Waals surface area contributed by atoms with Gasteiger partial charge in [-0.1, -0.05) is 30.3 Å². The van der Waals surface area contributed by atoms with Gasteiger partial charge >= 0.3 is 0 Å². The van der Waals surface area contributed by atoms with Crippen molar-refractivity contribution in [2.75, 3.05) is 0 Å². The van der Waals surface area contributed by atoms with Crippen molar-refractivity contribution in [3.8, 4) is 11.1 Å². The Morgan fingerprint density at radius 2 is 2.11 bits per heavy atom. The number of aromatic nitrogens is 2. The number of hydrogen-bond donors (Lipinski definition) is 2. The summed E-state index contributed by atoms with van der Waals surface area (Å²) >= 11 is 0. The number of nitrogens with zero attached hydrogens (tertiary/aromatic N) is 2. The Kier molecular flexibility index (Phi) is 3.74. The highest BCUT2D eigenvalue weighted by atomic mass is 16.2. The van der Waals surface area contributed by atoms with E-state index < -0.39 is 0 Å². The van der Waals surface area contributed by atoms with Crippen molar-refractivity contribution in [3.63, 3.8) is 0 Å². The Hall–Kier alpha value is -2.14. The molecule has 5 nitrogen and oxygen atoms in total. The maximum atomic E-state index is 11.2. The monoisotopic (exact) mass is 244 g/mol. The fourth-order valence-corrected chi connectivity index (χ4v) is 1.78. The van der Waals surface area contributed by atoms with E-state index in [1.165, 1.54) is 0 Å². The van der Waals surface area contributed by atoms with Crippen LogP contribution in [-0.2, 0) is 4.79 Å². The number of nitrogens with one attached hydrogen (secondary N) is 1. The minimum absolute atomic E-state index is 0.0222. The van der Waals surface area contributed by atoms with Crippen LogP contribution in [-0.4, -0.2) is 15.7 Å². The summed E-state index contributed by atoms with van der Waals surface area (Å²) in [6, 6.07) is 9.97. The first-order valence-electron chi connectivity index (χ1n) is 5.79. The second-order valence-corrected chi connectivity index (χ2v) is 4.20. The zero-order valence-corrected chi connectivity index (χ0v) is 10.2. The zero-order chi connectivity index (χ0) is 13.0. The lowest BCUT2D eigenvalue weighted by Gasteiger charge is -2.10. The minimum Gasteiger partial charge on any atom is -0.294 e. The lowest BCUT2D eigenvalue weighted by atomic mass is 10.1. The Bertz CT molecular complexity index is 521. The molecule has 1 aromatic carbocycles. The zero-order valence-electron chi connectivity index (χ0n) is 10.2. The summed E-state index contributed by atoms with van der Waals surface area (Å²) in [4.78, 5) is 11.2. The molecule has 0 aliphatic rings. The molecule has 0 fully saturated rings. The lowest BCUT2D eigenvalue weighted by Crippen LogP contribution is -2.31. The number of carbonyl (C=O) groups excluding carboxylic acids is 1. The molecule has 1 amide bonds. The van der Waals surface area contributed by atoms with Gasteiger partial charge in [0.25, 0.3) is 0 Å². The third-order valence-electron chi connectivity index (χ3n) is 2.80. The van der Waals surface area contributed by atoms with Gasteiger partial charge in [-0.3, -0.25) is 14.9 Å². The number of hydrazine groups is 1. The summed E-state index contributed by atoms with van der Waals surface area (Å²) in [7, 11) is 0. The van der Waals surface area contributed by atoms with Gasteiger partial charge in [-0.15, -0.1) is 0 Å². The van der Waals surface area contributed by atoms with Gasteiger partial charge in [0.2, 0.25) is 5.91 Å². The van der Waals surface area contributed by atoms with Crippen molar-refractivity contribution < 1.29 is 4.79 Å². The van der Waals surface area contributed by atoms with Gasteiger partial charge in [0.15, 0.2) is 0 Å². The fraction of sp³-hybridized carbons (Fsp3) is 0.231. The van der Waals surface area contributed by atoms with Crippen LogP contribution < -0.4 is 11.3 Å². The van der Waals surface area contributed by atoms with Gasteiger partial charge in [-0.05, 0) is 12.5 Å². The SMILES string of the molecule is CC(CC(=O)NN)n1cc(-c2ccccc2)cn1. The molecule has 0 aliphatic carbocycles. The molecule has 0 spiro atoms. The van der Waals surface area contributed by atoms with E-state index in [1.54, 1.807) is 10.9 Å². The molecule has 0 bridgehead atoms. The number of hydrogen-bond acceptors (Lipinski definition) is 3. The highest BCUT2D eigenvalue weighted by molar-refractivity contribution is 5.75. The normalized spacial score (nSPS) is 12.1. The smallest absolute Gasteiger partial charge is 0.236 e. The maximum Gasteiger partial charge on any atom is 0.236 e. The van der Waals surface area contributed by atoms with Crippen LogP contribution in [0, 0.1) is 0 Å². The molecule has 1 heterocycles. The summed E-state index contributed by atoms with van der Waals surface area (Å²) in [6.45, 7) is 1.93. The van der Waals surface area contributed by atoms with Crippen LogP contribution in [0.15, 0.2) is 42.7 Å². The number of carbonyl (C=O) groups is 1. The molecule has 5 heteroatoms. The molecule has 0 aliphatic heterocycles. The second kappa shape index (κ2) is 5.46. The largest absolute Gasteiger partial charge is 0.294 e. The van der Waals surface area contributed by atoms with E-state index in [2.05, 4.69) is 10.5 Å². The number of rotatable bonds is 4. The molecular weight excluding hydrogens is 228 g/mol. The van der Waals surface area contributed by atoms with Crippen molar-refractivity contribution in [2.24, 2.45) is 5.84 Å². The number of nitrogens with two attached hydrogens (primary N) is 1. The first-order valence-corrected chi connectivity index (χ1v) is 5.79. The quantitative estimate of drug-likeness (QED) is 0.486. The van der Waals surface area contributed by atoms with Gasteiger partial charge < -0.3 is 0 Å². The molecule has 2 aromatic rings. The van der Waals surface area contributed by atoms with Gasteiger partial charge in [-0.2, -0.15) is 5.10 Å². The molecule has 0 radical (unpaired) electrons. The van der Waals surface area contributed by atoms with Gasteiger partial charge in [0, 0.05) is 11.8 Å². The van der Waals surface area contributed by atoms with Crippen LogP contribution in [0.4, 0.5) is 0 Å². The Morgan fingerprint density at radius 1 is 1.39 bits per heavy atom. The third kappa shape index (κ3) is 2.75. The van der Waals surface area contributed by atoms with E-state index in [-0.39, 0.29) is 11.9 Å². The van der Waals surface area contributed by atoms with Crippen molar-refractivity contribution in [1.29, 1.82) is 0 Å². The molecule has 2 rings (SSSR count). The van der Waals surface area contributed by atoms with E-state index in [4.69, 9.17) is 5.84 Å². The average molecular weight is 244 g/mol. The predicted octanol–water partition coefficient (Wildman–Crippen LogP) is 1.49. The van der Waals surface area contributed by atoms with Gasteiger partial charge in [0.1, 0.15) is 0 Å². The van der Waals surface area contributed by atoms with Crippen LogP contribution in [0.3, 0.4) is 0 Å². The maximum absolute atomic E-state index is 11.2. The van der Waals surface area contributed by atoms with E-state index >= 15 is 0 Å². The van der Waals surface area contributed by atoms with E-state index in [1.807, 2.05) is 43.5 Å². The fourth-order valence-electron chi connectivity index (χ4n) is 1.78. The van der Waals surface area contributed by atoms with Gasteiger partial charge in [-0.25, -0.2) is 5.84 Å². The molecule has 3 N–H and O–H groups in total. The molecule has 18 heavy (non-hydrogen) atoms. The summed E-state index contributed by atoms with van der Waals surface area (Å²) in [6.07, 6.45) is 4.04. The molecule has 0 saturated carbocycles. The van der Waals surface area contributed by atoms with Crippen LogP contribution in [0.1, 0.15) is 19.4 Å². The first-order chi connectivity index (χ1) is 8.70.